The maximum Gasteiger partial charge on any atom is 0.401 e. The highest BCUT2D eigenvalue weighted by atomic mass is 19.4. The molecule has 1 atom stereocenters. The summed E-state index contributed by atoms with van der Waals surface area (Å²) in [6.07, 6.45) is -3.62. The summed E-state index contributed by atoms with van der Waals surface area (Å²) in [5.41, 5.74) is 5.28. The molecule has 0 aromatic heterocycles. The van der Waals surface area contributed by atoms with E-state index in [0.29, 0.717) is 31.7 Å². The van der Waals surface area contributed by atoms with Crippen LogP contribution in [0.1, 0.15) is 16.8 Å². The van der Waals surface area contributed by atoms with Gasteiger partial charge in [-0.05, 0) is 24.9 Å². The van der Waals surface area contributed by atoms with Crippen molar-refractivity contribution in [3.8, 4) is 0 Å². The van der Waals surface area contributed by atoms with Gasteiger partial charge >= 0.3 is 6.18 Å². The van der Waals surface area contributed by atoms with Crippen molar-refractivity contribution in [3.63, 3.8) is 0 Å². The number of benzene rings is 1. The van der Waals surface area contributed by atoms with Crippen molar-refractivity contribution in [2.45, 2.75) is 12.6 Å². The lowest BCUT2D eigenvalue weighted by atomic mass is 10.1. The van der Waals surface area contributed by atoms with Crippen LogP contribution in [0.25, 0.3) is 0 Å². The van der Waals surface area contributed by atoms with E-state index < -0.39 is 23.6 Å². The highest BCUT2D eigenvalue weighted by Gasteiger charge is 2.34. The number of rotatable bonds is 6. The lowest BCUT2D eigenvalue weighted by Gasteiger charge is -2.18. The van der Waals surface area contributed by atoms with E-state index in [9.17, 15) is 28.1 Å². The number of anilines is 1. The number of halogens is 3. The van der Waals surface area contributed by atoms with Crippen LogP contribution < -0.4 is 11.1 Å². The number of hydrogen-bond donors (Lipinski definition) is 2. The summed E-state index contributed by atoms with van der Waals surface area (Å²) in [7, 11) is 0. The first-order valence-electron chi connectivity index (χ1n) is 7.27. The highest BCUT2D eigenvalue weighted by Crippen LogP contribution is 2.25. The summed E-state index contributed by atoms with van der Waals surface area (Å²) in [6, 6.07) is 3.69. The van der Waals surface area contributed by atoms with Crippen molar-refractivity contribution in [1.29, 1.82) is 0 Å². The van der Waals surface area contributed by atoms with Crippen LogP contribution >= 0.6 is 0 Å². The smallest absolute Gasteiger partial charge is 0.384 e. The predicted molar refractivity (Wildman–Crippen MR) is 80.7 cm³/mol. The Kier molecular flexibility index (Phi) is 5.27. The second-order valence-electron chi connectivity index (χ2n) is 5.74. The summed E-state index contributed by atoms with van der Waals surface area (Å²) < 4.78 is 37.1. The predicted octanol–water partition coefficient (Wildman–Crippen LogP) is 1.99. The van der Waals surface area contributed by atoms with Gasteiger partial charge in [0.05, 0.1) is 17.0 Å². The van der Waals surface area contributed by atoms with Crippen molar-refractivity contribution >= 4 is 17.3 Å². The van der Waals surface area contributed by atoms with Crippen molar-refractivity contribution in [2.75, 3.05) is 31.5 Å². The monoisotopic (exact) mass is 346 g/mol. The van der Waals surface area contributed by atoms with E-state index in [4.69, 9.17) is 5.73 Å². The fourth-order valence-corrected chi connectivity index (χ4v) is 2.73. The molecule has 1 aromatic rings. The number of non-ortho nitro benzene ring substituents is 1. The molecule has 1 fully saturated rings. The number of nitrogens with one attached hydrogen (secondary N) is 1. The van der Waals surface area contributed by atoms with Crippen LogP contribution in [0, 0.1) is 16.0 Å². The number of carbonyl (C=O) groups excluding carboxylic acids is 1. The largest absolute Gasteiger partial charge is 0.401 e. The number of carbonyl (C=O) groups is 1. The molecule has 0 unspecified atom stereocenters. The number of primary amides is 1. The first kappa shape index (κ1) is 18.0. The van der Waals surface area contributed by atoms with Crippen molar-refractivity contribution < 1.29 is 22.9 Å². The summed E-state index contributed by atoms with van der Waals surface area (Å²) in [5.74, 6) is -0.824. The molecule has 0 spiro atoms. The molecule has 0 saturated carbocycles. The van der Waals surface area contributed by atoms with Crippen LogP contribution in [0.4, 0.5) is 24.5 Å². The summed E-state index contributed by atoms with van der Waals surface area (Å²) in [5, 5.41) is 13.7. The van der Waals surface area contributed by atoms with Gasteiger partial charge in [-0.3, -0.25) is 19.8 Å². The Hall–Kier alpha value is -2.36. The second-order valence-corrected chi connectivity index (χ2v) is 5.74. The third-order valence-corrected chi connectivity index (χ3v) is 3.83. The Morgan fingerprint density at radius 2 is 2.17 bits per heavy atom. The fourth-order valence-electron chi connectivity index (χ4n) is 2.73. The van der Waals surface area contributed by atoms with Gasteiger partial charge in [-0.2, -0.15) is 13.2 Å². The maximum absolute atomic E-state index is 12.4. The lowest BCUT2D eigenvalue weighted by molar-refractivity contribution is -0.384. The van der Waals surface area contributed by atoms with E-state index in [2.05, 4.69) is 5.32 Å². The lowest BCUT2D eigenvalue weighted by Crippen LogP contribution is -2.33. The zero-order valence-electron chi connectivity index (χ0n) is 12.7. The minimum Gasteiger partial charge on any atom is -0.384 e. The molecule has 10 heteroatoms. The topological polar surface area (TPSA) is 102 Å². The molecule has 1 aromatic carbocycles. The zero-order valence-corrected chi connectivity index (χ0v) is 12.7. The van der Waals surface area contributed by atoms with Crippen molar-refractivity contribution in [1.82, 2.24) is 4.90 Å². The van der Waals surface area contributed by atoms with Crippen LogP contribution in [0.3, 0.4) is 0 Å². The number of alkyl halides is 3. The number of nitro benzene ring substituents is 1. The molecule has 24 heavy (non-hydrogen) atoms. The van der Waals surface area contributed by atoms with Crippen LogP contribution in [0.5, 0.6) is 0 Å². The summed E-state index contributed by atoms with van der Waals surface area (Å²) in [4.78, 5) is 22.9. The number of nitrogens with zero attached hydrogens (tertiary/aromatic N) is 2. The quantitative estimate of drug-likeness (QED) is 0.606. The van der Waals surface area contributed by atoms with Gasteiger partial charge in [0.25, 0.3) is 11.6 Å². The van der Waals surface area contributed by atoms with Gasteiger partial charge in [0.15, 0.2) is 0 Å². The van der Waals surface area contributed by atoms with Gasteiger partial charge < -0.3 is 11.1 Å². The minimum atomic E-state index is -4.22. The van der Waals surface area contributed by atoms with Gasteiger partial charge in [-0.25, -0.2) is 0 Å². The van der Waals surface area contributed by atoms with Gasteiger partial charge in [-0.1, -0.05) is 0 Å². The molecule has 1 heterocycles. The number of nitrogens with two attached hydrogens (primary N) is 1. The van der Waals surface area contributed by atoms with E-state index in [1.54, 1.807) is 0 Å². The molecule has 132 valence electrons. The average molecular weight is 346 g/mol. The van der Waals surface area contributed by atoms with Crippen molar-refractivity contribution in [2.24, 2.45) is 11.7 Å². The number of amides is 1. The van der Waals surface area contributed by atoms with Crippen molar-refractivity contribution in [3.05, 3.63) is 33.9 Å². The summed E-state index contributed by atoms with van der Waals surface area (Å²) in [6.45, 7) is 0.0696. The van der Waals surface area contributed by atoms with E-state index in [1.165, 1.54) is 17.0 Å². The molecule has 0 aliphatic carbocycles. The van der Waals surface area contributed by atoms with Crippen LogP contribution in [-0.2, 0) is 0 Å². The third kappa shape index (κ3) is 4.82. The van der Waals surface area contributed by atoms with Crippen LogP contribution in [0.2, 0.25) is 0 Å². The zero-order chi connectivity index (χ0) is 17.9. The molecule has 0 bridgehead atoms. The Balaban J connectivity index is 1.97. The number of likely N-dealkylation sites (tertiary alicyclic amines) is 1. The van der Waals surface area contributed by atoms with E-state index in [1.807, 2.05) is 0 Å². The van der Waals surface area contributed by atoms with Gasteiger partial charge in [0.2, 0.25) is 0 Å². The Bertz CT molecular complexity index is 636. The first-order chi connectivity index (χ1) is 11.2. The second kappa shape index (κ2) is 7.04. The molecule has 1 aliphatic rings. The molecule has 7 nitrogen and oxygen atoms in total. The van der Waals surface area contributed by atoms with Gasteiger partial charge in [0.1, 0.15) is 0 Å². The molecule has 0 radical (unpaired) electrons. The fraction of sp³-hybridized carbons (Fsp3) is 0.500. The Labute approximate surface area is 135 Å². The van der Waals surface area contributed by atoms with Gasteiger partial charge in [-0.15, -0.1) is 0 Å². The van der Waals surface area contributed by atoms with E-state index in [0.717, 1.165) is 6.07 Å². The maximum atomic E-state index is 12.4. The minimum absolute atomic E-state index is 0.0109. The normalized spacial score (nSPS) is 18.5. The van der Waals surface area contributed by atoms with E-state index in [-0.39, 0.29) is 17.2 Å². The SMILES string of the molecule is NC(=O)c1cc([N+](=O)[O-])ccc1NC[C@@H]1CCN(CC(F)(F)F)C1. The van der Waals surface area contributed by atoms with E-state index >= 15 is 0 Å². The number of nitro groups is 1. The standard InChI is InChI=1S/C14H17F3N4O3/c15-14(16,17)8-20-4-3-9(7-20)6-19-12-2-1-10(21(23)24)5-11(12)13(18)22/h1-2,5,9,19H,3-4,6-8H2,(H2,18,22)/t9-/m0/s1. The number of hydrogen-bond acceptors (Lipinski definition) is 5. The Morgan fingerprint density at radius 3 is 2.75 bits per heavy atom. The van der Waals surface area contributed by atoms with Crippen LogP contribution in [0.15, 0.2) is 18.2 Å². The third-order valence-electron chi connectivity index (χ3n) is 3.83. The average Bonchev–Trinajstić information content (AvgIpc) is 2.90. The molecular weight excluding hydrogens is 329 g/mol. The Morgan fingerprint density at radius 1 is 1.46 bits per heavy atom. The molecular formula is C14H17F3N4O3. The van der Waals surface area contributed by atoms with Crippen LogP contribution in [-0.4, -0.2) is 48.1 Å². The van der Waals surface area contributed by atoms with Gasteiger partial charge in [0, 0.05) is 30.9 Å². The molecule has 1 saturated heterocycles. The summed E-state index contributed by atoms with van der Waals surface area (Å²) >= 11 is 0. The molecule has 1 aliphatic heterocycles. The molecule has 3 N–H and O–H groups in total. The highest BCUT2D eigenvalue weighted by molar-refractivity contribution is 5.99. The molecule has 2 rings (SSSR count). The molecule has 1 amide bonds. The first-order valence-corrected chi connectivity index (χ1v) is 7.27.